The fourth-order valence-corrected chi connectivity index (χ4v) is 2.07. The minimum atomic E-state index is -0.325. The zero-order chi connectivity index (χ0) is 15.2. The number of halogens is 1. The summed E-state index contributed by atoms with van der Waals surface area (Å²) in [5.74, 6) is 0.560. The van der Waals surface area contributed by atoms with E-state index >= 15 is 0 Å². The molecule has 1 atom stereocenters. The number of pyridine rings is 1. The van der Waals surface area contributed by atoms with Gasteiger partial charge >= 0.3 is 6.03 Å². The molecule has 6 heteroatoms. The van der Waals surface area contributed by atoms with Crippen molar-refractivity contribution < 1.29 is 9.53 Å². The number of aromatic nitrogens is 1. The summed E-state index contributed by atoms with van der Waals surface area (Å²) >= 11 is 6.01. The number of ether oxygens (including phenoxy) is 1. The monoisotopic (exact) mass is 305 g/mol. The lowest BCUT2D eigenvalue weighted by Gasteiger charge is -2.14. The highest BCUT2D eigenvalue weighted by atomic mass is 35.5. The van der Waals surface area contributed by atoms with E-state index < -0.39 is 0 Å². The molecule has 2 amide bonds. The van der Waals surface area contributed by atoms with Gasteiger partial charge in [-0.2, -0.15) is 0 Å². The molecule has 110 valence electrons. The molecule has 1 unspecified atom stereocenters. The molecular weight excluding hydrogens is 290 g/mol. The first-order chi connectivity index (χ1) is 10.1. The fourth-order valence-electron chi connectivity index (χ4n) is 1.81. The third-order valence-electron chi connectivity index (χ3n) is 2.89. The van der Waals surface area contributed by atoms with E-state index in [0.717, 1.165) is 5.69 Å². The lowest BCUT2D eigenvalue weighted by Crippen LogP contribution is -2.31. The van der Waals surface area contributed by atoms with Gasteiger partial charge in [0, 0.05) is 11.9 Å². The first-order valence-corrected chi connectivity index (χ1v) is 6.80. The Morgan fingerprint density at radius 2 is 2.14 bits per heavy atom. The SMILES string of the molecule is COc1ccc(NC(=O)NC(C)c2ccccn2)cc1Cl. The van der Waals surface area contributed by atoms with Crippen molar-refractivity contribution in [2.45, 2.75) is 13.0 Å². The Labute approximate surface area is 128 Å². The Kier molecular flexibility index (Phi) is 5.00. The van der Waals surface area contributed by atoms with E-state index in [4.69, 9.17) is 16.3 Å². The maximum absolute atomic E-state index is 11.9. The molecule has 0 saturated heterocycles. The van der Waals surface area contributed by atoms with Crippen LogP contribution in [0.25, 0.3) is 0 Å². The van der Waals surface area contributed by atoms with Gasteiger partial charge in [0.2, 0.25) is 0 Å². The molecule has 2 aromatic rings. The van der Waals surface area contributed by atoms with Crippen LogP contribution in [-0.2, 0) is 0 Å². The number of nitrogens with one attached hydrogen (secondary N) is 2. The summed E-state index contributed by atoms with van der Waals surface area (Å²) in [4.78, 5) is 16.1. The van der Waals surface area contributed by atoms with Gasteiger partial charge in [-0.25, -0.2) is 4.79 Å². The molecule has 0 fully saturated rings. The Bertz CT molecular complexity index is 620. The van der Waals surface area contributed by atoms with E-state index in [2.05, 4.69) is 15.6 Å². The van der Waals surface area contributed by atoms with Crippen LogP contribution in [0.4, 0.5) is 10.5 Å². The predicted molar refractivity (Wildman–Crippen MR) is 82.8 cm³/mol. The molecule has 0 saturated carbocycles. The molecule has 0 spiro atoms. The van der Waals surface area contributed by atoms with Gasteiger partial charge in [0.25, 0.3) is 0 Å². The van der Waals surface area contributed by atoms with Gasteiger partial charge in [0.1, 0.15) is 5.75 Å². The van der Waals surface area contributed by atoms with Gasteiger partial charge < -0.3 is 15.4 Å². The van der Waals surface area contributed by atoms with Crippen molar-refractivity contribution in [2.24, 2.45) is 0 Å². The molecule has 0 radical (unpaired) electrons. The Balaban J connectivity index is 1.97. The predicted octanol–water partition coefficient (Wildman–Crippen LogP) is 3.63. The van der Waals surface area contributed by atoms with Gasteiger partial charge in [-0.3, -0.25) is 4.98 Å². The fraction of sp³-hybridized carbons (Fsp3) is 0.200. The number of hydrogen-bond donors (Lipinski definition) is 2. The second kappa shape index (κ2) is 6.95. The standard InChI is InChI=1S/C15H16ClN3O2/c1-10(13-5-3-4-8-17-13)18-15(20)19-11-6-7-14(21-2)12(16)9-11/h3-10H,1-2H3,(H2,18,19,20). The second-order valence-corrected chi connectivity index (χ2v) is 4.83. The zero-order valence-corrected chi connectivity index (χ0v) is 12.5. The van der Waals surface area contributed by atoms with E-state index in [1.807, 2.05) is 25.1 Å². The summed E-state index contributed by atoms with van der Waals surface area (Å²) < 4.78 is 5.06. The van der Waals surface area contributed by atoms with E-state index in [9.17, 15) is 4.79 Å². The van der Waals surface area contributed by atoms with Crippen LogP contribution in [0, 0.1) is 0 Å². The molecule has 1 heterocycles. The molecular formula is C15H16ClN3O2. The highest BCUT2D eigenvalue weighted by Gasteiger charge is 2.11. The van der Waals surface area contributed by atoms with Crippen molar-refractivity contribution in [3.8, 4) is 5.75 Å². The van der Waals surface area contributed by atoms with Crippen LogP contribution in [0.5, 0.6) is 5.75 Å². The Morgan fingerprint density at radius 3 is 2.76 bits per heavy atom. The van der Waals surface area contributed by atoms with E-state index in [1.165, 1.54) is 7.11 Å². The molecule has 1 aromatic carbocycles. The average molecular weight is 306 g/mol. The summed E-state index contributed by atoms with van der Waals surface area (Å²) in [6, 6.07) is 10.1. The number of carbonyl (C=O) groups is 1. The largest absolute Gasteiger partial charge is 0.495 e. The average Bonchev–Trinajstić information content (AvgIpc) is 2.48. The topological polar surface area (TPSA) is 63.2 Å². The molecule has 0 aliphatic heterocycles. The van der Waals surface area contributed by atoms with E-state index in [-0.39, 0.29) is 12.1 Å². The van der Waals surface area contributed by atoms with Crippen LogP contribution in [0.2, 0.25) is 5.02 Å². The lowest BCUT2D eigenvalue weighted by atomic mass is 10.2. The van der Waals surface area contributed by atoms with Gasteiger partial charge in [0.05, 0.1) is 23.9 Å². The summed E-state index contributed by atoms with van der Waals surface area (Å²) in [7, 11) is 1.54. The summed E-state index contributed by atoms with van der Waals surface area (Å²) in [6.45, 7) is 1.86. The van der Waals surface area contributed by atoms with E-state index in [1.54, 1.807) is 24.4 Å². The summed E-state index contributed by atoms with van der Waals surface area (Å²) in [6.07, 6.45) is 1.69. The number of benzene rings is 1. The van der Waals surface area contributed by atoms with Crippen LogP contribution in [-0.4, -0.2) is 18.1 Å². The molecule has 2 N–H and O–H groups in total. The van der Waals surface area contributed by atoms with Gasteiger partial charge in [-0.05, 0) is 37.3 Å². The van der Waals surface area contributed by atoms with Crippen molar-refractivity contribution in [3.63, 3.8) is 0 Å². The third-order valence-corrected chi connectivity index (χ3v) is 3.18. The molecule has 2 rings (SSSR count). The van der Waals surface area contributed by atoms with Crippen molar-refractivity contribution in [2.75, 3.05) is 12.4 Å². The normalized spacial score (nSPS) is 11.6. The highest BCUT2D eigenvalue weighted by Crippen LogP contribution is 2.27. The van der Waals surface area contributed by atoms with Crippen LogP contribution in [0.15, 0.2) is 42.6 Å². The molecule has 0 bridgehead atoms. The number of amides is 2. The number of methoxy groups -OCH3 is 1. The van der Waals surface area contributed by atoms with Crippen molar-refractivity contribution >= 4 is 23.3 Å². The second-order valence-electron chi connectivity index (χ2n) is 4.42. The molecule has 21 heavy (non-hydrogen) atoms. The Morgan fingerprint density at radius 1 is 1.33 bits per heavy atom. The maximum Gasteiger partial charge on any atom is 0.319 e. The molecule has 5 nitrogen and oxygen atoms in total. The van der Waals surface area contributed by atoms with Crippen LogP contribution < -0.4 is 15.4 Å². The molecule has 0 aliphatic carbocycles. The minimum absolute atomic E-state index is 0.195. The van der Waals surface area contributed by atoms with Crippen LogP contribution in [0.3, 0.4) is 0 Å². The minimum Gasteiger partial charge on any atom is -0.495 e. The number of urea groups is 1. The first-order valence-electron chi connectivity index (χ1n) is 6.42. The zero-order valence-electron chi connectivity index (χ0n) is 11.8. The number of carbonyl (C=O) groups excluding carboxylic acids is 1. The van der Waals surface area contributed by atoms with E-state index in [0.29, 0.717) is 16.5 Å². The van der Waals surface area contributed by atoms with Crippen LogP contribution in [0.1, 0.15) is 18.7 Å². The van der Waals surface area contributed by atoms with Gasteiger partial charge in [0.15, 0.2) is 0 Å². The Hall–Kier alpha value is -2.27. The summed E-state index contributed by atoms with van der Waals surface area (Å²) in [5.41, 5.74) is 1.38. The lowest BCUT2D eigenvalue weighted by molar-refractivity contribution is 0.249. The van der Waals surface area contributed by atoms with Crippen molar-refractivity contribution in [1.29, 1.82) is 0 Å². The first kappa shape index (κ1) is 15.1. The third kappa shape index (κ3) is 4.10. The van der Waals surface area contributed by atoms with Crippen molar-refractivity contribution in [1.82, 2.24) is 10.3 Å². The summed E-state index contributed by atoms with van der Waals surface area (Å²) in [5, 5.41) is 5.96. The number of nitrogens with zero attached hydrogens (tertiary/aromatic N) is 1. The number of hydrogen-bond acceptors (Lipinski definition) is 3. The van der Waals surface area contributed by atoms with Crippen molar-refractivity contribution in [3.05, 3.63) is 53.3 Å². The molecule has 1 aromatic heterocycles. The van der Waals surface area contributed by atoms with Gasteiger partial charge in [-0.15, -0.1) is 0 Å². The molecule has 0 aliphatic rings. The number of anilines is 1. The quantitative estimate of drug-likeness (QED) is 0.906. The van der Waals surface area contributed by atoms with Crippen LogP contribution >= 0.6 is 11.6 Å². The maximum atomic E-state index is 11.9. The smallest absolute Gasteiger partial charge is 0.319 e. The number of rotatable bonds is 4. The highest BCUT2D eigenvalue weighted by molar-refractivity contribution is 6.32. The van der Waals surface area contributed by atoms with Gasteiger partial charge in [-0.1, -0.05) is 17.7 Å².